The van der Waals surface area contributed by atoms with Crippen molar-refractivity contribution in [2.45, 2.75) is 13.3 Å². The molecule has 1 aromatic carbocycles. The standard InChI is InChI=1S/C11H10ClNO2/c1-9-5-4-7-11(13(14)15)10(9)6-2-3-8-12/h4-5,7H,3,8H2,1H3. The third-order valence-electron chi connectivity index (χ3n) is 1.88. The van der Waals surface area contributed by atoms with E-state index in [9.17, 15) is 10.1 Å². The molecule has 0 aromatic heterocycles. The summed E-state index contributed by atoms with van der Waals surface area (Å²) in [6.45, 7) is 1.80. The van der Waals surface area contributed by atoms with Crippen molar-refractivity contribution in [3.05, 3.63) is 39.4 Å². The van der Waals surface area contributed by atoms with E-state index in [4.69, 9.17) is 11.6 Å². The van der Waals surface area contributed by atoms with Crippen LogP contribution in [-0.2, 0) is 0 Å². The summed E-state index contributed by atoms with van der Waals surface area (Å²) in [6.07, 6.45) is 0.535. The summed E-state index contributed by atoms with van der Waals surface area (Å²) in [6, 6.07) is 4.91. The molecule has 0 unspecified atom stereocenters. The number of hydrogen-bond donors (Lipinski definition) is 0. The van der Waals surface area contributed by atoms with E-state index in [0.29, 0.717) is 17.9 Å². The van der Waals surface area contributed by atoms with Gasteiger partial charge in [-0.3, -0.25) is 10.1 Å². The van der Waals surface area contributed by atoms with Crippen LogP contribution in [0.1, 0.15) is 17.5 Å². The largest absolute Gasteiger partial charge is 0.285 e. The minimum atomic E-state index is -0.419. The molecule has 0 N–H and O–H groups in total. The van der Waals surface area contributed by atoms with E-state index in [1.54, 1.807) is 19.1 Å². The molecule has 3 nitrogen and oxygen atoms in total. The molecule has 0 fully saturated rings. The van der Waals surface area contributed by atoms with Crippen LogP contribution in [0.4, 0.5) is 5.69 Å². The number of rotatable bonds is 2. The predicted molar refractivity (Wildman–Crippen MR) is 60.0 cm³/mol. The lowest BCUT2D eigenvalue weighted by Gasteiger charge is -1.98. The highest BCUT2D eigenvalue weighted by Gasteiger charge is 2.12. The molecule has 0 atom stereocenters. The lowest BCUT2D eigenvalue weighted by atomic mass is 10.1. The van der Waals surface area contributed by atoms with Crippen LogP contribution in [0.3, 0.4) is 0 Å². The fourth-order valence-corrected chi connectivity index (χ4v) is 1.26. The molecule has 0 heterocycles. The first-order valence-corrected chi connectivity index (χ1v) is 4.99. The zero-order valence-electron chi connectivity index (χ0n) is 8.29. The van der Waals surface area contributed by atoms with Crippen molar-refractivity contribution in [3.8, 4) is 11.8 Å². The van der Waals surface area contributed by atoms with Crippen LogP contribution in [-0.4, -0.2) is 10.8 Å². The second-order valence-electron chi connectivity index (χ2n) is 2.97. The van der Waals surface area contributed by atoms with E-state index < -0.39 is 4.92 Å². The van der Waals surface area contributed by atoms with Gasteiger partial charge in [0, 0.05) is 18.4 Å². The van der Waals surface area contributed by atoms with Crippen molar-refractivity contribution < 1.29 is 4.92 Å². The lowest BCUT2D eigenvalue weighted by molar-refractivity contribution is -0.385. The Hall–Kier alpha value is -1.53. The number of nitro benzene ring substituents is 1. The molecular formula is C11H10ClNO2. The number of nitrogens with zero attached hydrogens (tertiary/aromatic N) is 1. The van der Waals surface area contributed by atoms with Gasteiger partial charge in [-0.05, 0) is 12.5 Å². The maximum atomic E-state index is 10.7. The first kappa shape index (κ1) is 11.5. The molecular weight excluding hydrogens is 214 g/mol. The quantitative estimate of drug-likeness (QED) is 0.335. The van der Waals surface area contributed by atoms with Crippen LogP contribution >= 0.6 is 11.6 Å². The molecule has 1 rings (SSSR count). The van der Waals surface area contributed by atoms with Gasteiger partial charge >= 0.3 is 0 Å². The van der Waals surface area contributed by atoms with Gasteiger partial charge in [-0.2, -0.15) is 0 Å². The maximum Gasteiger partial charge on any atom is 0.285 e. The average molecular weight is 224 g/mol. The molecule has 1 aromatic rings. The molecule has 0 aliphatic carbocycles. The van der Waals surface area contributed by atoms with E-state index in [0.717, 1.165) is 5.56 Å². The Morgan fingerprint density at radius 3 is 2.87 bits per heavy atom. The third-order valence-corrected chi connectivity index (χ3v) is 2.07. The number of halogens is 1. The fraction of sp³-hybridized carbons (Fsp3) is 0.273. The monoisotopic (exact) mass is 223 g/mol. The normalized spacial score (nSPS) is 9.20. The minimum absolute atomic E-state index is 0.0528. The summed E-state index contributed by atoms with van der Waals surface area (Å²) >= 11 is 5.47. The smallest absolute Gasteiger partial charge is 0.258 e. The van der Waals surface area contributed by atoms with Crippen molar-refractivity contribution in [2.75, 3.05) is 5.88 Å². The predicted octanol–water partition coefficient (Wildman–Crippen LogP) is 2.88. The van der Waals surface area contributed by atoms with Crippen molar-refractivity contribution in [1.29, 1.82) is 0 Å². The van der Waals surface area contributed by atoms with Gasteiger partial charge in [0.05, 0.1) is 4.92 Å². The van der Waals surface area contributed by atoms with Crippen molar-refractivity contribution in [1.82, 2.24) is 0 Å². The van der Waals surface area contributed by atoms with Gasteiger partial charge in [0.2, 0.25) is 0 Å². The van der Waals surface area contributed by atoms with Gasteiger partial charge in [-0.25, -0.2) is 0 Å². The van der Waals surface area contributed by atoms with Gasteiger partial charge in [-0.15, -0.1) is 11.6 Å². The zero-order valence-corrected chi connectivity index (χ0v) is 9.04. The number of alkyl halides is 1. The number of hydrogen-bond acceptors (Lipinski definition) is 2. The number of benzene rings is 1. The first-order chi connectivity index (χ1) is 7.16. The molecule has 0 bridgehead atoms. The molecule has 0 saturated heterocycles. The Morgan fingerprint density at radius 1 is 1.53 bits per heavy atom. The molecule has 15 heavy (non-hydrogen) atoms. The zero-order chi connectivity index (χ0) is 11.3. The third kappa shape index (κ3) is 2.97. The summed E-state index contributed by atoms with van der Waals surface area (Å²) in [7, 11) is 0. The van der Waals surface area contributed by atoms with E-state index in [1.807, 2.05) is 0 Å². The Kier molecular flexibility index (Phi) is 4.14. The molecule has 0 saturated carbocycles. The van der Waals surface area contributed by atoms with Crippen molar-refractivity contribution in [2.24, 2.45) is 0 Å². The van der Waals surface area contributed by atoms with E-state index in [2.05, 4.69) is 11.8 Å². The maximum absolute atomic E-state index is 10.7. The summed E-state index contributed by atoms with van der Waals surface area (Å²) < 4.78 is 0. The molecule has 0 aliphatic rings. The second kappa shape index (κ2) is 5.38. The van der Waals surface area contributed by atoms with Gasteiger partial charge in [0.1, 0.15) is 5.56 Å². The lowest BCUT2D eigenvalue weighted by Crippen LogP contribution is -1.94. The van der Waals surface area contributed by atoms with Crippen LogP contribution in [0.25, 0.3) is 0 Å². The Morgan fingerprint density at radius 2 is 2.27 bits per heavy atom. The summed E-state index contributed by atoms with van der Waals surface area (Å²) in [4.78, 5) is 10.3. The van der Waals surface area contributed by atoms with E-state index >= 15 is 0 Å². The molecule has 0 aliphatic heterocycles. The van der Waals surface area contributed by atoms with Crippen LogP contribution in [0, 0.1) is 28.9 Å². The summed E-state index contributed by atoms with van der Waals surface area (Å²) in [5, 5.41) is 10.7. The minimum Gasteiger partial charge on any atom is -0.258 e. The average Bonchev–Trinajstić information content (AvgIpc) is 2.20. The van der Waals surface area contributed by atoms with Crippen LogP contribution in [0.5, 0.6) is 0 Å². The molecule has 78 valence electrons. The summed E-state index contributed by atoms with van der Waals surface area (Å²) in [5.74, 6) is 6.03. The Balaban J connectivity index is 3.15. The topological polar surface area (TPSA) is 43.1 Å². The molecule has 0 radical (unpaired) electrons. The number of nitro groups is 1. The van der Waals surface area contributed by atoms with Gasteiger partial charge in [-0.1, -0.05) is 24.0 Å². The first-order valence-electron chi connectivity index (χ1n) is 4.45. The van der Waals surface area contributed by atoms with Crippen LogP contribution in [0.15, 0.2) is 18.2 Å². The Bertz CT molecular complexity index is 432. The van der Waals surface area contributed by atoms with Gasteiger partial charge in [0.15, 0.2) is 0 Å². The van der Waals surface area contributed by atoms with Crippen molar-refractivity contribution >= 4 is 17.3 Å². The number of aryl methyl sites for hydroxylation is 1. The molecule has 4 heteroatoms. The highest BCUT2D eigenvalue weighted by atomic mass is 35.5. The van der Waals surface area contributed by atoms with Gasteiger partial charge < -0.3 is 0 Å². The van der Waals surface area contributed by atoms with Gasteiger partial charge in [0.25, 0.3) is 5.69 Å². The van der Waals surface area contributed by atoms with Crippen LogP contribution in [0.2, 0.25) is 0 Å². The van der Waals surface area contributed by atoms with E-state index in [1.165, 1.54) is 6.07 Å². The molecule has 0 spiro atoms. The fourth-order valence-electron chi connectivity index (χ4n) is 1.17. The SMILES string of the molecule is Cc1cccc([N+](=O)[O-])c1C#CCCCl. The molecule has 0 amide bonds. The Labute approximate surface area is 93.2 Å². The highest BCUT2D eigenvalue weighted by molar-refractivity contribution is 6.18. The van der Waals surface area contributed by atoms with Crippen molar-refractivity contribution in [3.63, 3.8) is 0 Å². The van der Waals surface area contributed by atoms with E-state index in [-0.39, 0.29) is 5.69 Å². The highest BCUT2D eigenvalue weighted by Crippen LogP contribution is 2.20. The second-order valence-corrected chi connectivity index (χ2v) is 3.34. The van der Waals surface area contributed by atoms with Crippen LogP contribution < -0.4 is 0 Å². The summed E-state index contributed by atoms with van der Waals surface area (Å²) in [5.41, 5.74) is 1.34.